The second-order valence-corrected chi connectivity index (χ2v) is 4.88. The van der Waals surface area contributed by atoms with Crippen LogP contribution in [0.15, 0.2) is 24.3 Å². The van der Waals surface area contributed by atoms with Crippen molar-refractivity contribution in [2.45, 2.75) is 19.4 Å². The van der Waals surface area contributed by atoms with Crippen molar-refractivity contribution in [2.24, 2.45) is 5.92 Å². The first-order valence-corrected chi connectivity index (χ1v) is 6.76. The van der Waals surface area contributed by atoms with Gasteiger partial charge >= 0.3 is 5.97 Å². The Bertz CT molecular complexity index is 419. The molecule has 1 fully saturated rings. The normalized spacial score (nSPS) is 18.1. The summed E-state index contributed by atoms with van der Waals surface area (Å²) in [5.41, 5.74) is 1.48. The Balaban J connectivity index is 0.00000200. The summed E-state index contributed by atoms with van der Waals surface area (Å²) >= 11 is 0. The molecule has 1 aliphatic rings. The van der Waals surface area contributed by atoms with Crippen LogP contribution in [0.5, 0.6) is 0 Å². The van der Waals surface area contributed by atoms with Crippen LogP contribution < -0.4 is 5.32 Å². The van der Waals surface area contributed by atoms with Crippen molar-refractivity contribution in [3.8, 4) is 0 Å². The van der Waals surface area contributed by atoms with Crippen LogP contribution in [0.1, 0.15) is 28.8 Å². The Morgan fingerprint density at radius 2 is 2.20 bits per heavy atom. The molecule has 5 heteroatoms. The average Bonchev–Trinajstić information content (AvgIpc) is 2.48. The average molecular weight is 300 g/mol. The number of carbonyl (C=O) groups is 1. The Kier molecular flexibility index (Phi) is 7.59. The summed E-state index contributed by atoms with van der Waals surface area (Å²) in [6, 6.07) is 7.42. The summed E-state index contributed by atoms with van der Waals surface area (Å²) in [4.78, 5) is 11.6. The van der Waals surface area contributed by atoms with Gasteiger partial charge in [-0.15, -0.1) is 12.4 Å². The second-order valence-electron chi connectivity index (χ2n) is 4.88. The number of methoxy groups -OCH3 is 1. The number of rotatable bonds is 5. The number of esters is 1. The summed E-state index contributed by atoms with van der Waals surface area (Å²) in [5.74, 6) is 0.276. The molecule has 1 heterocycles. The number of ether oxygens (including phenoxy) is 2. The highest BCUT2D eigenvalue weighted by Crippen LogP contribution is 2.14. The number of nitrogens with one attached hydrogen (secondary N) is 1. The highest BCUT2D eigenvalue weighted by Gasteiger charge is 2.14. The highest BCUT2D eigenvalue weighted by molar-refractivity contribution is 5.90. The second kappa shape index (κ2) is 8.95. The zero-order chi connectivity index (χ0) is 13.5. The summed E-state index contributed by atoms with van der Waals surface area (Å²) in [7, 11) is 1.40. The monoisotopic (exact) mass is 299 g/mol. The number of piperidine rings is 1. The molecule has 0 saturated carbocycles. The van der Waals surface area contributed by atoms with Gasteiger partial charge in [-0.2, -0.15) is 0 Å². The van der Waals surface area contributed by atoms with Crippen LogP contribution in [-0.2, 0) is 16.1 Å². The quantitative estimate of drug-likeness (QED) is 0.848. The van der Waals surface area contributed by atoms with Gasteiger partial charge in [0.05, 0.1) is 25.9 Å². The molecule has 0 radical (unpaired) electrons. The van der Waals surface area contributed by atoms with Gasteiger partial charge in [0.15, 0.2) is 0 Å². The summed E-state index contributed by atoms with van der Waals surface area (Å²) in [5, 5.41) is 3.37. The van der Waals surface area contributed by atoms with Crippen LogP contribution in [0, 0.1) is 5.92 Å². The van der Waals surface area contributed by atoms with E-state index in [0.717, 1.165) is 25.3 Å². The van der Waals surface area contributed by atoms with Gasteiger partial charge < -0.3 is 14.8 Å². The number of benzene rings is 1. The SMILES string of the molecule is COC(=O)c1ccccc1COCC1CCCNC1.Cl. The molecule has 0 bridgehead atoms. The minimum absolute atomic E-state index is 0. The van der Waals surface area contributed by atoms with Crippen molar-refractivity contribution >= 4 is 18.4 Å². The van der Waals surface area contributed by atoms with E-state index < -0.39 is 0 Å². The van der Waals surface area contributed by atoms with Crippen molar-refractivity contribution in [3.05, 3.63) is 35.4 Å². The van der Waals surface area contributed by atoms with Crippen LogP contribution in [0.25, 0.3) is 0 Å². The van der Waals surface area contributed by atoms with Gasteiger partial charge in [-0.25, -0.2) is 4.79 Å². The first kappa shape index (κ1) is 17.0. The van der Waals surface area contributed by atoms with Crippen molar-refractivity contribution in [2.75, 3.05) is 26.8 Å². The van der Waals surface area contributed by atoms with Crippen molar-refractivity contribution in [1.82, 2.24) is 5.32 Å². The minimum Gasteiger partial charge on any atom is -0.465 e. The smallest absolute Gasteiger partial charge is 0.338 e. The topological polar surface area (TPSA) is 47.6 Å². The number of hydrogen-bond acceptors (Lipinski definition) is 4. The van der Waals surface area contributed by atoms with E-state index in [-0.39, 0.29) is 18.4 Å². The third-order valence-electron chi connectivity index (χ3n) is 3.43. The van der Waals surface area contributed by atoms with Gasteiger partial charge in [-0.3, -0.25) is 0 Å². The fourth-order valence-electron chi connectivity index (χ4n) is 2.36. The van der Waals surface area contributed by atoms with E-state index in [4.69, 9.17) is 9.47 Å². The molecule has 1 aromatic carbocycles. The molecule has 1 atom stereocenters. The zero-order valence-electron chi connectivity index (χ0n) is 11.8. The molecule has 1 aliphatic heterocycles. The van der Waals surface area contributed by atoms with Crippen LogP contribution in [0.4, 0.5) is 0 Å². The van der Waals surface area contributed by atoms with Crippen molar-refractivity contribution in [3.63, 3.8) is 0 Å². The van der Waals surface area contributed by atoms with Crippen LogP contribution >= 0.6 is 12.4 Å². The van der Waals surface area contributed by atoms with Gasteiger partial charge in [-0.05, 0) is 36.9 Å². The van der Waals surface area contributed by atoms with E-state index >= 15 is 0 Å². The molecular weight excluding hydrogens is 278 g/mol. The van der Waals surface area contributed by atoms with Crippen molar-refractivity contribution < 1.29 is 14.3 Å². The maximum Gasteiger partial charge on any atom is 0.338 e. The van der Waals surface area contributed by atoms with Gasteiger partial charge in [0, 0.05) is 6.54 Å². The molecule has 20 heavy (non-hydrogen) atoms. The van der Waals surface area contributed by atoms with Gasteiger partial charge in [0.1, 0.15) is 0 Å². The van der Waals surface area contributed by atoms with Crippen molar-refractivity contribution in [1.29, 1.82) is 0 Å². The van der Waals surface area contributed by atoms with E-state index in [0.29, 0.717) is 18.1 Å². The Hall–Kier alpha value is -1.10. The van der Waals surface area contributed by atoms with E-state index in [2.05, 4.69) is 5.32 Å². The molecule has 1 saturated heterocycles. The lowest BCUT2D eigenvalue weighted by molar-refractivity contribution is 0.0580. The lowest BCUT2D eigenvalue weighted by Gasteiger charge is -2.22. The lowest BCUT2D eigenvalue weighted by Crippen LogP contribution is -2.32. The van der Waals surface area contributed by atoms with Crippen LogP contribution in [0.3, 0.4) is 0 Å². The largest absolute Gasteiger partial charge is 0.465 e. The molecule has 1 N–H and O–H groups in total. The third kappa shape index (κ3) is 4.78. The summed E-state index contributed by atoms with van der Waals surface area (Å²) in [6.45, 7) is 3.34. The fraction of sp³-hybridized carbons (Fsp3) is 0.533. The predicted molar refractivity (Wildman–Crippen MR) is 80.3 cm³/mol. The van der Waals surface area contributed by atoms with Gasteiger partial charge in [-0.1, -0.05) is 18.2 Å². The molecule has 0 spiro atoms. The molecule has 0 aliphatic carbocycles. The van der Waals surface area contributed by atoms with Crippen LogP contribution in [0.2, 0.25) is 0 Å². The Labute approximate surface area is 126 Å². The van der Waals surface area contributed by atoms with E-state index in [1.165, 1.54) is 20.0 Å². The molecule has 2 rings (SSSR count). The number of halogens is 1. The van der Waals surface area contributed by atoms with Crippen LogP contribution in [-0.4, -0.2) is 32.8 Å². The Morgan fingerprint density at radius 1 is 1.40 bits per heavy atom. The maximum atomic E-state index is 11.6. The molecule has 112 valence electrons. The molecule has 0 aromatic heterocycles. The van der Waals surface area contributed by atoms with Gasteiger partial charge in [0.25, 0.3) is 0 Å². The van der Waals surface area contributed by atoms with Gasteiger partial charge in [0.2, 0.25) is 0 Å². The van der Waals surface area contributed by atoms with E-state index in [1.807, 2.05) is 18.2 Å². The first-order chi connectivity index (χ1) is 9.31. The molecule has 4 nitrogen and oxygen atoms in total. The molecule has 0 amide bonds. The minimum atomic E-state index is -0.307. The molecular formula is C15H22ClNO3. The fourth-order valence-corrected chi connectivity index (χ4v) is 2.36. The lowest BCUT2D eigenvalue weighted by atomic mass is 10.0. The highest BCUT2D eigenvalue weighted by atomic mass is 35.5. The standard InChI is InChI=1S/C15H21NO3.ClH/c1-18-15(17)14-7-3-2-6-13(14)11-19-10-12-5-4-8-16-9-12;/h2-3,6-7,12,16H,4-5,8-11H2,1H3;1H. The van der Waals surface area contributed by atoms with E-state index in [1.54, 1.807) is 6.07 Å². The maximum absolute atomic E-state index is 11.6. The third-order valence-corrected chi connectivity index (χ3v) is 3.43. The summed E-state index contributed by atoms with van der Waals surface area (Å²) < 4.78 is 10.5. The predicted octanol–water partition coefficient (Wildman–Crippen LogP) is 2.41. The number of hydrogen-bond donors (Lipinski definition) is 1. The molecule has 1 aromatic rings. The number of carbonyl (C=O) groups excluding carboxylic acids is 1. The Morgan fingerprint density at radius 3 is 2.90 bits per heavy atom. The molecule has 1 unspecified atom stereocenters. The van der Waals surface area contributed by atoms with E-state index in [9.17, 15) is 4.79 Å². The summed E-state index contributed by atoms with van der Waals surface area (Å²) in [6.07, 6.45) is 2.43. The first-order valence-electron chi connectivity index (χ1n) is 6.76. The zero-order valence-corrected chi connectivity index (χ0v) is 12.6.